The van der Waals surface area contributed by atoms with Crippen LogP contribution >= 0.6 is 34.0 Å². The van der Waals surface area contributed by atoms with E-state index in [2.05, 4.69) is 258 Å². The summed E-state index contributed by atoms with van der Waals surface area (Å²) in [6, 6.07) is 95.8. The SMILES string of the molecule is c1cc2c3c(c1)-n1c4cc5c6ccccc6c6ccccc6c5cc4c4cc(-c5ccc6c(c5)sc5ccccc56)cc(c41)B3c1cc(-c3ccc4c(c3)sc3ccccc34)cc3c4cc(-c5ccc6c(c5)sc5ccccc56)ccc4n-2c13. The molecule has 0 saturated carbocycles. The van der Waals surface area contributed by atoms with Crippen molar-refractivity contribution in [2.75, 3.05) is 0 Å². The number of thiophene rings is 3. The standard InChI is InChI=1S/C78H41BN2S3/c1-3-14-50-48(12-1)49-13-2-4-15-51(49)59-41-69-61(40-58(50)59)63-34-47(45-26-30-57-54-18-7-10-23-72(54)84-75(57)39-45)36-65-78(63)81(69)68-20-11-19-67-76(68)79(65)64-35-46(44-25-29-56-53-17-6-9-22-71(53)83-74(56)38-44)33-62-60-32-42(27-31-66(60)80(67)77(62)64)43-24-28-55-52-16-5-8-21-70(52)82-73(55)37-43/h1-41H. The fourth-order valence-corrected chi connectivity index (χ4v) is 19.1. The van der Waals surface area contributed by atoms with Crippen LogP contribution in [0.1, 0.15) is 0 Å². The quantitative estimate of drug-likeness (QED) is 0.123. The first-order chi connectivity index (χ1) is 41.6. The van der Waals surface area contributed by atoms with E-state index in [4.69, 9.17) is 0 Å². The summed E-state index contributed by atoms with van der Waals surface area (Å²) >= 11 is 5.69. The number of nitrogens with zero attached hydrogens (tertiary/aromatic N) is 2. The van der Waals surface area contributed by atoms with Gasteiger partial charge in [-0.3, -0.25) is 0 Å². The van der Waals surface area contributed by atoms with Gasteiger partial charge in [-0.25, -0.2) is 0 Å². The largest absolute Gasteiger partial charge is 0.310 e. The Morgan fingerprint density at radius 1 is 0.226 bits per heavy atom. The molecule has 384 valence electrons. The van der Waals surface area contributed by atoms with Crippen molar-refractivity contribution in [1.82, 2.24) is 9.13 Å². The first-order valence-electron chi connectivity index (χ1n) is 29.0. The third-order valence-electron chi connectivity index (χ3n) is 19.2. The molecule has 0 saturated heterocycles. The molecule has 2 nitrogen and oxygen atoms in total. The lowest BCUT2D eigenvalue weighted by Gasteiger charge is -2.34. The minimum Gasteiger partial charge on any atom is -0.310 e. The Balaban J connectivity index is 0.887. The van der Waals surface area contributed by atoms with Gasteiger partial charge in [-0.05, 0) is 167 Å². The summed E-state index contributed by atoms with van der Waals surface area (Å²) in [5.74, 6) is 0. The fraction of sp³-hybridized carbons (Fsp3) is 0. The van der Waals surface area contributed by atoms with Gasteiger partial charge in [0.1, 0.15) is 0 Å². The zero-order valence-electron chi connectivity index (χ0n) is 44.9. The van der Waals surface area contributed by atoms with E-state index in [1.807, 2.05) is 34.0 Å². The maximum atomic E-state index is 2.66. The van der Waals surface area contributed by atoms with E-state index >= 15 is 0 Å². The predicted octanol–water partition coefficient (Wildman–Crippen LogP) is 20.6. The Morgan fingerprint density at radius 2 is 0.595 bits per heavy atom. The van der Waals surface area contributed by atoms with Gasteiger partial charge in [-0.2, -0.15) is 0 Å². The summed E-state index contributed by atoms with van der Waals surface area (Å²) in [5, 5.41) is 20.8. The van der Waals surface area contributed by atoms with Crippen LogP contribution in [0, 0.1) is 0 Å². The molecule has 0 radical (unpaired) electrons. The van der Waals surface area contributed by atoms with Gasteiger partial charge in [0.15, 0.2) is 0 Å². The van der Waals surface area contributed by atoms with Crippen LogP contribution < -0.4 is 16.4 Å². The third-order valence-corrected chi connectivity index (χ3v) is 22.6. The van der Waals surface area contributed by atoms with Gasteiger partial charge < -0.3 is 9.13 Å². The lowest BCUT2D eigenvalue weighted by molar-refractivity contribution is 1.14. The number of benzene rings is 14. The van der Waals surface area contributed by atoms with Crippen molar-refractivity contribution in [3.8, 4) is 44.8 Å². The molecule has 7 heterocycles. The Bertz CT molecular complexity index is 6260. The van der Waals surface area contributed by atoms with E-state index in [0.29, 0.717) is 0 Å². The summed E-state index contributed by atoms with van der Waals surface area (Å²) in [6.45, 7) is -0.0678. The van der Waals surface area contributed by atoms with Crippen LogP contribution in [-0.4, -0.2) is 15.8 Å². The molecule has 0 unspecified atom stereocenters. The summed E-state index contributed by atoms with van der Waals surface area (Å²) in [5.41, 5.74) is 19.0. The zero-order chi connectivity index (χ0) is 54.2. The molecule has 0 N–H and O–H groups in total. The van der Waals surface area contributed by atoms with Gasteiger partial charge in [-0.1, -0.05) is 164 Å². The topological polar surface area (TPSA) is 9.86 Å². The normalized spacial score (nSPS) is 13.0. The average molecular weight is 1110 g/mol. The van der Waals surface area contributed by atoms with E-state index in [-0.39, 0.29) is 6.71 Å². The van der Waals surface area contributed by atoms with E-state index in [0.717, 1.165) is 0 Å². The van der Waals surface area contributed by atoms with Crippen molar-refractivity contribution in [2.24, 2.45) is 0 Å². The molecule has 0 spiro atoms. The van der Waals surface area contributed by atoms with Crippen LogP contribution in [0.25, 0.3) is 181 Å². The van der Waals surface area contributed by atoms with Gasteiger partial charge >= 0.3 is 0 Å². The molecule has 0 aliphatic carbocycles. The van der Waals surface area contributed by atoms with Crippen LogP contribution in [0.3, 0.4) is 0 Å². The van der Waals surface area contributed by atoms with Crippen molar-refractivity contribution < 1.29 is 0 Å². The molecular weight excluding hydrogens is 1070 g/mol. The Kier molecular flexibility index (Phi) is 8.55. The average Bonchev–Trinajstić information content (AvgIpc) is 1.61. The molecule has 14 aromatic carbocycles. The molecule has 6 heteroatoms. The minimum absolute atomic E-state index is 0.0678. The molecule has 2 aliphatic heterocycles. The van der Waals surface area contributed by atoms with Crippen molar-refractivity contribution in [3.05, 3.63) is 249 Å². The maximum absolute atomic E-state index is 2.66. The Hall–Kier alpha value is -9.82. The molecule has 21 rings (SSSR count). The molecule has 19 aromatic rings. The summed E-state index contributed by atoms with van der Waals surface area (Å²) < 4.78 is 13.2. The van der Waals surface area contributed by atoms with Gasteiger partial charge in [0.25, 0.3) is 6.71 Å². The van der Waals surface area contributed by atoms with Crippen molar-refractivity contribution >= 4 is 194 Å². The molecule has 5 aromatic heterocycles. The molecule has 0 bridgehead atoms. The number of hydrogen-bond acceptors (Lipinski definition) is 3. The van der Waals surface area contributed by atoms with Crippen LogP contribution in [0.15, 0.2) is 249 Å². The molecular formula is C78H41BN2S3. The van der Waals surface area contributed by atoms with Gasteiger partial charge in [0.05, 0.1) is 11.0 Å². The van der Waals surface area contributed by atoms with E-state index < -0.39 is 0 Å². The second-order valence-corrected chi connectivity index (χ2v) is 26.7. The van der Waals surface area contributed by atoms with Gasteiger partial charge in [-0.15, -0.1) is 34.0 Å². The second-order valence-electron chi connectivity index (χ2n) is 23.4. The highest BCUT2D eigenvalue weighted by molar-refractivity contribution is 7.26. The lowest BCUT2D eigenvalue weighted by atomic mass is 9.34. The van der Waals surface area contributed by atoms with Crippen molar-refractivity contribution in [2.45, 2.75) is 0 Å². The lowest BCUT2D eigenvalue weighted by Crippen LogP contribution is -2.59. The highest BCUT2D eigenvalue weighted by Crippen LogP contribution is 2.47. The third kappa shape index (κ3) is 5.80. The second kappa shape index (κ2) is 16.0. The smallest absolute Gasteiger partial charge is 0.252 e. The highest BCUT2D eigenvalue weighted by Gasteiger charge is 2.41. The number of rotatable bonds is 3. The number of hydrogen-bond donors (Lipinski definition) is 0. The number of aromatic nitrogens is 2. The van der Waals surface area contributed by atoms with E-state index in [1.54, 1.807) is 0 Å². The molecule has 0 atom stereocenters. The minimum atomic E-state index is -0.0678. The van der Waals surface area contributed by atoms with Gasteiger partial charge in [0.2, 0.25) is 0 Å². The monoisotopic (exact) mass is 1110 g/mol. The molecule has 84 heavy (non-hydrogen) atoms. The van der Waals surface area contributed by atoms with Crippen LogP contribution in [0.4, 0.5) is 0 Å². The summed E-state index contributed by atoms with van der Waals surface area (Å²) in [7, 11) is 0. The maximum Gasteiger partial charge on any atom is 0.252 e. The number of fused-ring (bicyclic) bond motifs is 25. The first-order valence-corrected chi connectivity index (χ1v) is 31.4. The van der Waals surface area contributed by atoms with Crippen molar-refractivity contribution in [3.63, 3.8) is 0 Å². The highest BCUT2D eigenvalue weighted by atomic mass is 32.1. The van der Waals surface area contributed by atoms with E-state index in [1.165, 1.54) is 198 Å². The molecule has 0 fully saturated rings. The zero-order valence-corrected chi connectivity index (χ0v) is 47.3. The summed E-state index contributed by atoms with van der Waals surface area (Å²) in [6.07, 6.45) is 0. The summed E-state index contributed by atoms with van der Waals surface area (Å²) in [4.78, 5) is 0. The van der Waals surface area contributed by atoms with Crippen LogP contribution in [0.2, 0.25) is 0 Å². The Morgan fingerprint density at radius 3 is 1.10 bits per heavy atom. The van der Waals surface area contributed by atoms with E-state index in [9.17, 15) is 0 Å². The fourth-order valence-electron chi connectivity index (χ4n) is 15.6. The Labute approximate surface area is 492 Å². The van der Waals surface area contributed by atoms with Crippen LogP contribution in [0.5, 0.6) is 0 Å². The van der Waals surface area contributed by atoms with Gasteiger partial charge in [0, 0.05) is 104 Å². The predicted molar refractivity (Wildman–Crippen MR) is 367 cm³/mol. The molecule has 0 amide bonds. The van der Waals surface area contributed by atoms with Crippen LogP contribution in [-0.2, 0) is 0 Å². The van der Waals surface area contributed by atoms with Crippen molar-refractivity contribution in [1.29, 1.82) is 0 Å². The first kappa shape index (κ1) is 44.8. The molecule has 2 aliphatic rings.